The highest BCUT2D eigenvalue weighted by molar-refractivity contribution is 5.85. The van der Waals surface area contributed by atoms with Gasteiger partial charge in [-0.2, -0.15) is 0 Å². The van der Waals surface area contributed by atoms with Crippen LogP contribution in [0.4, 0.5) is 0 Å². The van der Waals surface area contributed by atoms with Gasteiger partial charge in [0.1, 0.15) is 5.75 Å². The van der Waals surface area contributed by atoms with Crippen LogP contribution in [0.1, 0.15) is 61.8 Å². The van der Waals surface area contributed by atoms with Crippen molar-refractivity contribution in [2.75, 3.05) is 26.3 Å². The molecule has 4 nitrogen and oxygen atoms in total. The van der Waals surface area contributed by atoms with Crippen LogP contribution in [0.3, 0.4) is 0 Å². The summed E-state index contributed by atoms with van der Waals surface area (Å²) in [5.74, 6) is 1.30. The van der Waals surface area contributed by atoms with Gasteiger partial charge in [-0.1, -0.05) is 87.5 Å². The minimum atomic E-state index is 0. The Labute approximate surface area is 229 Å². The van der Waals surface area contributed by atoms with Crippen molar-refractivity contribution in [2.45, 2.75) is 64.3 Å². The van der Waals surface area contributed by atoms with Crippen molar-refractivity contribution in [2.24, 2.45) is 0 Å². The maximum atomic E-state index is 6.42. The highest BCUT2D eigenvalue weighted by Crippen LogP contribution is 2.30. The maximum Gasteiger partial charge on any atom is 0.119 e. The number of piperidine rings is 1. The second-order valence-electron chi connectivity index (χ2n) is 10.7. The first kappa shape index (κ1) is 29.2. The van der Waals surface area contributed by atoms with E-state index in [1.807, 2.05) is 18.2 Å². The zero-order chi connectivity index (χ0) is 25.2. The zero-order valence-electron chi connectivity index (χ0n) is 22.5. The molecule has 37 heavy (non-hydrogen) atoms. The maximum absolute atomic E-state index is 6.42. The standard InChI is InChI=1S/C32H41NO3.ClH/c1-32(2,3)28-14-10-26(11-15-28)24-36-31-22-33-19-18-30(31)27-12-16-29(17-13-27)35-21-7-20-34-23-25-8-5-4-6-9-25;/h4-6,8-17,30-31,33H,7,18-24H2,1-3H3;1H. The van der Waals surface area contributed by atoms with E-state index in [1.165, 1.54) is 22.3 Å². The highest BCUT2D eigenvalue weighted by Gasteiger charge is 2.27. The third-order valence-corrected chi connectivity index (χ3v) is 6.83. The zero-order valence-corrected chi connectivity index (χ0v) is 23.3. The topological polar surface area (TPSA) is 39.7 Å². The van der Waals surface area contributed by atoms with Crippen LogP contribution in [0, 0.1) is 0 Å². The summed E-state index contributed by atoms with van der Waals surface area (Å²) in [5, 5.41) is 3.50. The summed E-state index contributed by atoms with van der Waals surface area (Å²) in [6.07, 6.45) is 2.11. The third kappa shape index (κ3) is 9.15. The number of nitrogens with one attached hydrogen (secondary N) is 1. The summed E-state index contributed by atoms with van der Waals surface area (Å²) in [6.45, 7) is 11.3. The molecule has 0 saturated carbocycles. The van der Waals surface area contributed by atoms with Crippen LogP contribution < -0.4 is 10.1 Å². The number of hydrogen-bond donors (Lipinski definition) is 1. The van der Waals surface area contributed by atoms with Gasteiger partial charge in [-0.15, -0.1) is 12.4 Å². The Kier molecular flexibility index (Phi) is 11.5. The minimum absolute atomic E-state index is 0. The Bertz CT molecular complexity index is 1030. The van der Waals surface area contributed by atoms with E-state index >= 15 is 0 Å². The van der Waals surface area contributed by atoms with E-state index in [0.717, 1.165) is 31.7 Å². The summed E-state index contributed by atoms with van der Waals surface area (Å²) >= 11 is 0. The molecule has 3 aromatic rings. The van der Waals surface area contributed by atoms with Crippen molar-refractivity contribution in [3.05, 3.63) is 101 Å². The predicted molar refractivity (Wildman–Crippen MR) is 154 cm³/mol. The second kappa shape index (κ2) is 14.5. The van der Waals surface area contributed by atoms with Gasteiger partial charge in [-0.3, -0.25) is 0 Å². The van der Waals surface area contributed by atoms with Gasteiger partial charge in [0.25, 0.3) is 0 Å². The number of halogens is 1. The largest absolute Gasteiger partial charge is 0.494 e. The molecule has 1 fully saturated rings. The molecular formula is C32H42ClNO3. The molecule has 0 amide bonds. The first-order valence-electron chi connectivity index (χ1n) is 13.3. The first-order chi connectivity index (χ1) is 17.5. The molecule has 4 rings (SSSR count). The molecule has 5 heteroatoms. The van der Waals surface area contributed by atoms with Crippen molar-refractivity contribution in [3.63, 3.8) is 0 Å². The summed E-state index contributed by atoms with van der Waals surface area (Å²) in [5.41, 5.74) is 5.27. The van der Waals surface area contributed by atoms with Crippen LogP contribution in [0.2, 0.25) is 0 Å². The van der Waals surface area contributed by atoms with Crippen LogP contribution in [0.25, 0.3) is 0 Å². The summed E-state index contributed by atoms with van der Waals surface area (Å²) in [7, 11) is 0. The van der Waals surface area contributed by atoms with Gasteiger partial charge in [0.15, 0.2) is 0 Å². The SMILES string of the molecule is CC(C)(C)c1ccc(COC2CNCCC2c2ccc(OCCCOCc3ccccc3)cc2)cc1.Cl. The van der Waals surface area contributed by atoms with Gasteiger partial charge in [-0.25, -0.2) is 0 Å². The van der Waals surface area contributed by atoms with Crippen molar-refractivity contribution in [3.8, 4) is 5.75 Å². The van der Waals surface area contributed by atoms with Crippen LogP contribution in [0.5, 0.6) is 5.75 Å². The molecule has 1 N–H and O–H groups in total. The molecule has 1 aliphatic rings. The van der Waals surface area contributed by atoms with E-state index < -0.39 is 0 Å². The molecule has 2 unspecified atom stereocenters. The van der Waals surface area contributed by atoms with Crippen LogP contribution in [-0.2, 0) is 28.1 Å². The monoisotopic (exact) mass is 523 g/mol. The molecule has 0 spiro atoms. The molecule has 1 heterocycles. The van der Waals surface area contributed by atoms with Gasteiger partial charge in [0.2, 0.25) is 0 Å². The van der Waals surface area contributed by atoms with Crippen LogP contribution in [0.15, 0.2) is 78.9 Å². The van der Waals surface area contributed by atoms with Crippen LogP contribution in [-0.4, -0.2) is 32.4 Å². The Morgan fingerprint density at radius 1 is 0.811 bits per heavy atom. The molecule has 0 bridgehead atoms. The average Bonchev–Trinajstić information content (AvgIpc) is 2.90. The molecule has 0 radical (unpaired) electrons. The fourth-order valence-electron chi connectivity index (χ4n) is 4.62. The van der Waals surface area contributed by atoms with Gasteiger partial charge in [0.05, 0.1) is 32.5 Å². The minimum Gasteiger partial charge on any atom is -0.494 e. The first-order valence-corrected chi connectivity index (χ1v) is 13.3. The average molecular weight is 524 g/mol. The predicted octanol–water partition coefficient (Wildman–Crippen LogP) is 7.05. The summed E-state index contributed by atoms with van der Waals surface area (Å²) < 4.78 is 18.1. The number of benzene rings is 3. The van der Waals surface area contributed by atoms with Gasteiger partial charge in [-0.05, 0) is 52.8 Å². The Morgan fingerprint density at radius 3 is 2.22 bits per heavy atom. The quantitative estimate of drug-likeness (QED) is 0.273. The van der Waals surface area contributed by atoms with Gasteiger partial charge < -0.3 is 19.5 Å². The van der Waals surface area contributed by atoms with Crippen molar-refractivity contribution < 1.29 is 14.2 Å². The van der Waals surface area contributed by atoms with Crippen molar-refractivity contribution >= 4 is 12.4 Å². The lowest BCUT2D eigenvalue weighted by molar-refractivity contribution is 0.0106. The van der Waals surface area contributed by atoms with Crippen LogP contribution >= 0.6 is 12.4 Å². The normalized spacial score (nSPS) is 17.7. The number of ether oxygens (including phenoxy) is 3. The third-order valence-electron chi connectivity index (χ3n) is 6.83. The van der Waals surface area contributed by atoms with Gasteiger partial charge in [0, 0.05) is 18.9 Å². The van der Waals surface area contributed by atoms with E-state index in [-0.39, 0.29) is 23.9 Å². The van der Waals surface area contributed by atoms with Crippen molar-refractivity contribution in [1.82, 2.24) is 5.32 Å². The number of hydrogen-bond acceptors (Lipinski definition) is 4. The lowest BCUT2D eigenvalue weighted by atomic mass is 9.86. The van der Waals surface area contributed by atoms with E-state index in [0.29, 0.717) is 32.3 Å². The fraction of sp³-hybridized carbons (Fsp3) is 0.438. The molecule has 0 aromatic heterocycles. The Morgan fingerprint density at radius 2 is 1.51 bits per heavy atom. The fourth-order valence-corrected chi connectivity index (χ4v) is 4.62. The Hall–Kier alpha value is -2.37. The van der Waals surface area contributed by atoms with E-state index in [4.69, 9.17) is 14.2 Å². The second-order valence-corrected chi connectivity index (χ2v) is 10.7. The summed E-state index contributed by atoms with van der Waals surface area (Å²) in [4.78, 5) is 0. The summed E-state index contributed by atoms with van der Waals surface area (Å²) in [6, 6.07) is 27.7. The molecule has 2 atom stereocenters. The number of rotatable bonds is 11. The molecule has 200 valence electrons. The Balaban J connectivity index is 0.00000380. The smallest absolute Gasteiger partial charge is 0.119 e. The van der Waals surface area contributed by atoms with E-state index in [1.54, 1.807) is 0 Å². The molecular weight excluding hydrogens is 482 g/mol. The van der Waals surface area contributed by atoms with Crippen molar-refractivity contribution in [1.29, 1.82) is 0 Å². The molecule has 1 aliphatic heterocycles. The molecule has 0 aliphatic carbocycles. The lowest BCUT2D eigenvalue weighted by Crippen LogP contribution is -2.40. The highest BCUT2D eigenvalue weighted by atomic mass is 35.5. The van der Waals surface area contributed by atoms with E-state index in [9.17, 15) is 0 Å². The molecule has 1 saturated heterocycles. The van der Waals surface area contributed by atoms with E-state index in [2.05, 4.69) is 86.8 Å². The lowest BCUT2D eigenvalue weighted by Gasteiger charge is -2.32. The van der Waals surface area contributed by atoms with Gasteiger partial charge >= 0.3 is 0 Å². The molecule has 3 aromatic carbocycles.